The van der Waals surface area contributed by atoms with E-state index < -0.39 is 19.0 Å². The second-order valence-corrected chi connectivity index (χ2v) is 4.10. The molecule has 1 heterocycles. The predicted octanol–water partition coefficient (Wildman–Crippen LogP) is 3.20. The van der Waals surface area contributed by atoms with Crippen LogP contribution in [0.1, 0.15) is 24.9 Å². The van der Waals surface area contributed by atoms with Gasteiger partial charge in [0.05, 0.1) is 6.54 Å². The van der Waals surface area contributed by atoms with Gasteiger partial charge in [-0.2, -0.15) is 8.78 Å². The lowest BCUT2D eigenvalue weighted by Crippen LogP contribution is -2.32. The smallest absolute Gasteiger partial charge is 0.330 e. The molecule has 0 saturated carbocycles. The van der Waals surface area contributed by atoms with Crippen molar-refractivity contribution in [2.75, 3.05) is 13.2 Å². The van der Waals surface area contributed by atoms with Gasteiger partial charge in [-0.1, -0.05) is 6.92 Å². The first-order chi connectivity index (χ1) is 8.95. The van der Waals surface area contributed by atoms with Crippen molar-refractivity contribution in [2.24, 2.45) is 0 Å². The van der Waals surface area contributed by atoms with Gasteiger partial charge in [0.1, 0.15) is 24.7 Å². The topological polar surface area (TPSA) is 34.4 Å². The zero-order chi connectivity index (χ0) is 14.3. The number of furan rings is 1. The SMILES string of the molecule is CCCNCc1ccc(COCC(F)(F)C(F)F)o1. The van der Waals surface area contributed by atoms with Gasteiger partial charge in [0.25, 0.3) is 0 Å². The molecule has 0 saturated heterocycles. The monoisotopic (exact) mass is 283 g/mol. The van der Waals surface area contributed by atoms with Gasteiger partial charge >= 0.3 is 12.3 Å². The molecule has 0 unspecified atom stereocenters. The lowest BCUT2D eigenvalue weighted by Gasteiger charge is -2.14. The van der Waals surface area contributed by atoms with Crippen LogP contribution in [0.15, 0.2) is 16.5 Å². The normalized spacial score (nSPS) is 12.3. The minimum Gasteiger partial charge on any atom is -0.462 e. The molecule has 0 aliphatic rings. The Kier molecular flexibility index (Phi) is 6.30. The Bertz CT molecular complexity index is 368. The van der Waals surface area contributed by atoms with Gasteiger partial charge < -0.3 is 14.5 Å². The number of hydrogen-bond donors (Lipinski definition) is 1. The van der Waals surface area contributed by atoms with E-state index in [0.29, 0.717) is 18.1 Å². The third-order valence-corrected chi connectivity index (χ3v) is 2.30. The fraction of sp³-hybridized carbons (Fsp3) is 0.667. The maximum Gasteiger partial charge on any atom is 0.330 e. The Morgan fingerprint density at radius 3 is 2.63 bits per heavy atom. The van der Waals surface area contributed by atoms with Gasteiger partial charge in [0.2, 0.25) is 0 Å². The average molecular weight is 283 g/mol. The van der Waals surface area contributed by atoms with E-state index in [4.69, 9.17) is 4.42 Å². The summed E-state index contributed by atoms with van der Waals surface area (Å²) in [6.07, 6.45) is -2.74. The van der Waals surface area contributed by atoms with Crippen LogP contribution in [0.25, 0.3) is 0 Å². The molecule has 7 heteroatoms. The van der Waals surface area contributed by atoms with Gasteiger partial charge in [-0.25, -0.2) is 8.78 Å². The first-order valence-electron chi connectivity index (χ1n) is 5.97. The van der Waals surface area contributed by atoms with E-state index >= 15 is 0 Å². The summed E-state index contributed by atoms with van der Waals surface area (Å²) in [4.78, 5) is 0. The Hall–Kier alpha value is -1.08. The molecule has 0 aliphatic heterocycles. The molecule has 3 nitrogen and oxygen atoms in total. The Morgan fingerprint density at radius 2 is 2.00 bits per heavy atom. The molecule has 0 bridgehead atoms. The molecular formula is C12H17F4NO2. The summed E-state index contributed by atoms with van der Waals surface area (Å²) in [5.41, 5.74) is 0. The van der Waals surface area contributed by atoms with E-state index in [1.165, 1.54) is 0 Å². The molecule has 1 aromatic heterocycles. The number of rotatable bonds is 9. The van der Waals surface area contributed by atoms with Crippen LogP contribution in [0.2, 0.25) is 0 Å². The summed E-state index contributed by atoms with van der Waals surface area (Å²) in [7, 11) is 0. The van der Waals surface area contributed by atoms with E-state index in [2.05, 4.69) is 10.1 Å². The van der Waals surface area contributed by atoms with Crippen LogP contribution >= 0.6 is 0 Å². The first-order valence-corrected chi connectivity index (χ1v) is 5.97. The van der Waals surface area contributed by atoms with E-state index in [9.17, 15) is 17.6 Å². The lowest BCUT2D eigenvalue weighted by molar-refractivity contribution is -0.169. The minimum atomic E-state index is -4.13. The third kappa shape index (κ3) is 5.61. The number of nitrogens with one attached hydrogen (secondary N) is 1. The zero-order valence-corrected chi connectivity index (χ0v) is 10.6. The number of hydrogen-bond acceptors (Lipinski definition) is 3. The van der Waals surface area contributed by atoms with Crippen molar-refractivity contribution in [1.29, 1.82) is 0 Å². The summed E-state index contributed by atoms with van der Waals surface area (Å²) < 4.78 is 58.6. The molecule has 0 amide bonds. The van der Waals surface area contributed by atoms with Gasteiger partial charge in [-0.3, -0.25) is 0 Å². The summed E-state index contributed by atoms with van der Waals surface area (Å²) in [6, 6.07) is 3.26. The first kappa shape index (κ1) is 16.0. The summed E-state index contributed by atoms with van der Waals surface area (Å²) >= 11 is 0. The highest BCUT2D eigenvalue weighted by atomic mass is 19.3. The molecule has 0 spiro atoms. The van der Waals surface area contributed by atoms with Crippen LogP contribution in [0.4, 0.5) is 17.6 Å². The fourth-order valence-electron chi connectivity index (χ4n) is 1.33. The number of halogens is 4. The quantitative estimate of drug-likeness (QED) is 0.558. The molecule has 1 rings (SSSR count). The Morgan fingerprint density at radius 1 is 1.32 bits per heavy atom. The highest BCUT2D eigenvalue weighted by Gasteiger charge is 2.40. The van der Waals surface area contributed by atoms with E-state index in [1.807, 2.05) is 6.92 Å². The molecule has 1 N–H and O–H groups in total. The molecule has 0 aromatic carbocycles. The van der Waals surface area contributed by atoms with E-state index in [0.717, 1.165) is 13.0 Å². The number of alkyl halides is 4. The van der Waals surface area contributed by atoms with Gasteiger partial charge in [-0.15, -0.1) is 0 Å². The van der Waals surface area contributed by atoms with Gasteiger partial charge in [0.15, 0.2) is 0 Å². The van der Waals surface area contributed by atoms with Crippen LogP contribution in [0.3, 0.4) is 0 Å². The molecule has 1 aromatic rings. The summed E-state index contributed by atoms with van der Waals surface area (Å²) in [6.45, 7) is 1.82. The second kappa shape index (κ2) is 7.49. The van der Waals surface area contributed by atoms with Gasteiger partial charge in [-0.05, 0) is 25.1 Å². The van der Waals surface area contributed by atoms with Crippen molar-refractivity contribution in [3.8, 4) is 0 Å². The van der Waals surface area contributed by atoms with Crippen molar-refractivity contribution < 1.29 is 26.7 Å². The molecule has 0 aliphatic carbocycles. The summed E-state index contributed by atoms with van der Waals surface area (Å²) in [5, 5.41) is 3.11. The molecule has 0 fully saturated rings. The van der Waals surface area contributed by atoms with Crippen molar-refractivity contribution >= 4 is 0 Å². The second-order valence-electron chi connectivity index (χ2n) is 4.10. The maximum absolute atomic E-state index is 12.5. The van der Waals surface area contributed by atoms with E-state index in [-0.39, 0.29) is 6.61 Å². The predicted molar refractivity (Wildman–Crippen MR) is 61.3 cm³/mol. The highest BCUT2D eigenvalue weighted by molar-refractivity contribution is 5.06. The summed E-state index contributed by atoms with van der Waals surface area (Å²) in [5.74, 6) is -3.15. The van der Waals surface area contributed by atoms with Crippen LogP contribution in [0.5, 0.6) is 0 Å². The van der Waals surface area contributed by atoms with Crippen LogP contribution in [0, 0.1) is 0 Å². The molecule has 0 radical (unpaired) electrons. The zero-order valence-electron chi connectivity index (χ0n) is 10.6. The van der Waals surface area contributed by atoms with Crippen molar-refractivity contribution in [3.63, 3.8) is 0 Å². The minimum absolute atomic E-state index is 0.254. The molecule has 19 heavy (non-hydrogen) atoms. The highest BCUT2D eigenvalue weighted by Crippen LogP contribution is 2.23. The standard InChI is InChI=1S/C12H17F4NO2/c1-2-5-17-6-9-3-4-10(19-9)7-18-8-12(15,16)11(13)14/h3-4,11,17H,2,5-8H2,1H3. The maximum atomic E-state index is 12.5. The van der Waals surface area contributed by atoms with Gasteiger partial charge in [0, 0.05) is 0 Å². The van der Waals surface area contributed by atoms with Crippen molar-refractivity contribution in [1.82, 2.24) is 5.32 Å². The van der Waals surface area contributed by atoms with Crippen molar-refractivity contribution in [2.45, 2.75) is 38.8 Å². The molecular weight excluding hydrogens is 266 g/mol. The Labute approximate surface area is 108 Å². The molecule has 0 atom stereocenters. The van der Waals surface area contributed by atoms with Crippen LogP contribution < -0.4 is 5.32 Å². The van der Waals surface area contributed by atoms with Crippen LogP contribution in [-0.4, -0.2) is 25.5 Å². The number of ether oxygens (including phenoxy) is 1. The Balaban J connectivity index is 2.30. The fourth-order valence-corrected chi connectivity index (χ4v) is 1.33. The average Bonchev–Trinajstić information content (AvgIpc) is 2.77. The molecule has 110 valence electrons. The lowest BCUT2D eigenvalue weighted by atomic mass is 10.4. The third-order valence-electron chi connectivity index (χ3n) is 2.30. The largest absolute Gasteiger partial charge is 0.462 e. The van der Waals surface area contributed by atoms with E-state index in [1.54, 1.807) is 12.1 Å². The van der Waals surface area contributed by atoms with Crippen molar-refractivity contribution in [3.05, 3.63) is 23.7 Å². The van der Waals surface area contributed by atoms with Crippen LogP contribution in [-0.2, 0) is 17.9 Å².